The zero-order valence-electron chi connectivity index (χ0n) is 8.00. The summed E-state index contributed by atoms with van der Waals surface area (Å²) in [5.74, 6) is 0. The zero-order valence-corrected chi connectivity index (χ0v) is 9.51. The van der Waals surface area contributed by atoms with Crippen LogP contribution in [0.4, 0.5) is 26.3 Å². The Bertz CT molecular complexity index is 226. The standard InChI is InChI=1S/C4H6O.2C2ClF3/c1-3-5-4-2;2*3-1(4)2(5)6/h3-4H,1-2H2;;. The predicted octanol–water partition coefficient (Wildman–Crippen LogP) is 5.81. The third kappa shape index (κ3) is 31.3. The van der Waals surface area contributed by atoms with E-state index in [0.29, 0.717) is 0 Å². The molecule has 0 aliphatic rings. The molecule has 0 N–H and O–H groups in total. The highest BCUT2D eigenvalue weighted by Crippen LogP contribution is 2.12. The third-order valence-electron chi connectivity index (χ3n) is 0.478. The minimum absolute atomic E-state index is 1.31. The molecule has 1 nitrogen and oxygen atoms in total. The largest absolute Gasteiger partial charge is 0.474 e. The molecule has 0 saturated carbocycles. The number of hydrogen-bond acceptors (Lipinski definition) is 1. The predicted molar refractivity (Wildman–Crippen MR) is 53.9 cm³/mol. The summed E-state index contributed by atoms with van der Waals surface area (Å²) in [5.41, 5.74) is 0. The van der Waals surface area contributed by atoms with Gasteiger partial charge in [-0.05, 0) is 23.2 Å². The van der Waals surface area contributed by atoms with Crippen molar-refractivity contribution in [2.45, 2.75) is 0 Å². The third-order valence-corrected chi connectivity index (χ3v) is 0.764. The lowest BCUT2D eigenvalue weighted by Crippen LogP contribution is -1.54. The van der Waals surface area contributed by atoms with Crippen LogP contribution in [0, 0.1) is 0 Å². The zero-order chi connectivity index (χ0) is 14.4. The average Bonchev–Trinajstić information content (AvgIpc) is 2.20. The van der Waals surface area contributed by atoms with E-state index in [-0.39, 0.29) is 0 Å². The second kappa shape index (κ2) is 14.9. The Morgan fingerprint density at radius 3 is 0.941 bits per heavy atom. The molecule has 0 bridgehead atoms. The molecule has 0 fully saturated rings. The average molecular weight is 303 g/mol. The van der Waals surface area contributed by atoms with E-state index < -0.39 is 22.7 Å². The highest BCUT2D eigenvalue weighted by atomic mass is 35.5. The molecule has 0 unspecified atom stereocenters. The van der Waals surface area contributed by atoms with Gasteiger partial charge < -0.3 is 4.74 Å². The summed E-state index contributed by atoms with van der Waals surface area (Å²) in [4.78, 5) is 0. The summed E-state index contributed by atoms with van der Waals surface area (Å²) in [6.07, 6.45) is -2.33. The maximum Gasteiger partial charge on any atom is 0.317 e. The van der Waals surface area contributed by atoms with E-state index in [9.17, 15) is 26.3 Å². The second-order valence-corrected chi connectivity index (χ2v) is 2.17. The molecule has 0 aromatic carbocycles. The maximum atomic E-state index is 10.7. The minimum atomic E-state index is -2.48. The molecule has 100 valence electrons. The first-order valence-electron chi connectivity index (χ1n) is 3.30. The van der Waals surface area contributed by atoms with E-state index in [1.165, 1.54) is 12.5 Å². The van der Waals surface area contributed by atoms with Crippen molar-refractivity contribution in [1.29, 1.82) is 0 Å². The lowest BCUT2D eigenvalue weighted by Gasteiger charge is -1.76. The minimum Gasteiger partial charge on any atom is -0.474 e. The molecule has 0 amide bonds. The normalized spacial score (nSPS) is 7.29. The summed E-state index contributed by atoms with van der Waals surface area (Å²) >= 11 is 8.15. The molecule has 0 aliphatic heterocycles. The molecule has 0 radical (unpaired) electrons. The highest BCUT2D eigenvalue weighted by Gasteiger charge is 1.96. The first-order valence-corrected chi connectivity index (χ1v) is 4.06. The highest BCUT2D eigenvalue weighted by molar-refractivity contribution is 6.28. The lowest BCUT2D eigenvalue weighted by molar-refractivity contribution is 0.393. The van der Waals surface area contributed by atoms with E-state index in [4.69, 9.17) is 0 Å². The van der Waals surface area contributed by atoms with Crippen LogP contribution in [0.15, 0.2) is 48.4 Å². The van der Waals surface area contributed by atoms with Crippen molar-refractivity contribution in [2.75, 3.05) is 0 Å². The first kappa shape index (κ1) is 21.2. The molecular weight excluding hydrogens is 297 g/mol. The monoisotopic (exact) mass is 302 g/mol. The molecule has 0 rings (SSSR count). The summed E-state index contributed by atoms with van der Waals surface area (Å²) in [5, 5.41) is -3.87. The molecular formula is C8H6Cl2F6O. The summed E-state index contributed by atoms with van der Waals surface area (Å²) in [7, 11) is 0. The van der Waals surface area contributed by atoms with Crippen molar-refractivity contribution in [3.8, 4) is 0 Å². The molecule has 0 aromatic rings. The van der Waals surface area contributed by atoms with Gasteiger partial charge in [-0.2, -0.15) is 26.3 Å². The van der Waals surface area contributed by atoms with Crippen LogP contribution in [0.1, 0.15) is 0 Å². The van der Waals surface area contributed by atoms with Gasteiger partial charge in [0.2, 0.25) is 0 Å². The summed E-state index contributed by atoms with van der Waals surface area (Å²) in [6.45, 7) is 6.51. The number of ether oxygens (including phenoxy) is 1. The fraction of sp³-hybridized carbons (Fsp3) is 0. The van der Waals surface area contributed by atoms with Crippen molar-refractivity contribution >= 4 is 23.2 Å². The topological polar surface area (TPSA) is 9.23 Å². The van der Waals surface area contributed by atoms with E-state index in [1.54, 1.807) is 0 Å². The van der Waals surface area contributed by atoms with Gasteiger partial charge in [-0.1, -0.05) is 13.2 Å². The molecule has 0 aliphatic carbocycles. The fourth-order valence-corrected chi connectivity index (χ4v) is 0.0680. The number of rotatable bonds is 2. The molecule has 0 heterocycles. The molecule has 9 heteroatoms. The number of hydrogen-bond donors (Lipinski definition) is 0. The first-order chi connectivity index (χ1) is 7.70. The molecule has 0 spiro atoms. The Balaban J connectivity index is -0.000000174. The molecule has 17 heavy (non-hydrogen) atoms. The van der Waals surface area contributed by atoms with Gasteiger partial charge in [0.05, 0.1) is 12.5 Å². The molecule has 0 aromatic heterocycles. The number of halogens is 8. The molecule has 0 saturated heterocycles. The smallest absolute Gasteiger partial charge is 0.317 e. The Labute approximate surface area is 103 Å². The Morgan fingerprint density at radius 2 is 0.941 bits per heavy atom. The van der Waals surface area contributed by atoms with Crippen LogP contribution in [0.25, 0.3) is 0 Å². The summed E-state index contributed by atoms with van der Waals surface area (Å²) in [6, 6.07) is 0. The quantitative estimate of drug-likeness (QED) is 0.462. The Hall–Kier alpha value is -1.08. The van der Waals surface area contributed by atoms with Gasteiger partial charge in [0.25, 0.3) is 10.6 Å². The van der Waals surface area contributed by atoms with Gasteiger partial charge >= 0.3 is 12.2 Å². The van der Waals surface area contributed by atoms with Crippen LogP contribution in [0.2, 0.25) is 0 Å². The maximum absolute atomic E-state index is 10.7. The van der Waals surface area contributed by atoms with E-state index >= 15 is 0 Å². The van der Waals surface area contributed by atoms with Crippen molar-refractivity contribution < 1.29 is 31.1 Å². The van der Waals surface area contributed by atoms with Crippen molar-refractivity contribution in [2.24, 2.45) is 0 Å². The van der Waals surface area contributed by atoms with Gasteiger partial charge in [-0.3, -0.25) is 0 Å². The van der Waals surface area contributed by atoms with E-state index in [1.807, 2.05) is 0 Å². The van der Waals surface area contributed by atoms with Gasteiger partial charge in [-0.15, -0.1) is 0 Å². The SMILES string of the molecule is C=COC=C.FC(F)=C(F)Cl.FC(F)=C(F)Cl. The van der Waals surface area contributed by atoms with Crippen LogP contribution in [0.3, 0.4) is 0 Å². The van der Waals surface area contributed by atoms with Crippen LogP contribution in [-0.2, 0) is 4.74 Å². The van der Waals surface area contributed by atoms with Crippen molar-refractivity contribution in [3.05, 3.63) is 48.4 Å². The van der Waals surface area contributed by atoms with Gasteiger partial charge in [0.1, 0.15) is 0 Å². The van der Waals surface area contributed by atoms with Crippen LogP contribution in [0.5, 0.6) is 0 Å². The van der Waals surface area contributed by atoms with E-state index in [0.717, 1.165) is 0 Å². The Morgan fingerprint density at radius 1 is 0.765 bits per heavy atom. The van der Waals surface area contributed by atoms with Crippen LogP contribution >= 0.6 is 23.2 Å². The van der Waals surface area contributed by atoms with Crippen molar-refractivity contribution in [3.63, 3.8) is 0 Å². The van der Waals surface area contributed by atoms with Crippen LogP contribution in [-0.4, -0.2) is 0 Å². The van der Waals surface area contributed by atoms with Gasteiger partial charge in [0.15, 0.2) is 0 Å². The van der Waals surface area contributed by atoms with Crippen LogP contribution < -0.4 is 0 Å². The lowest BCUT2D eigenvalue weighted by atomic mass is 11.1. The molecule has 0 atom stereocenters. The van der Waals surface area contributed by atoms with E-state index in [2.05, 4.69) is 41.1 Å². The van der Waals surface area contributed by atoms with Crippen molar-refractivity contribution in [1.82, 2.24) is 0 Å². The Kier molecular flexibility index (Phi) is 18.6. The fourth-order valence-electron chi connectivity index (χ4n) is 0.0680. The summed E-state index contributed by atoms with van der Waals surface area (Å²) < 4.78 is 67.9. The van der Waals surface area contributed by atoms with Gasteiger partial charge in [0, 0.05) is 0 Å². The van der Waals surface area contributed by atoms with Gasteiger partial charge in [-0.25, -0.2) is 0 Å². The second-order valence-electron chi connectivity index (χ2n) is 1.51.